The van der Waals surface area contributed by atoms with E-state index in [0.717, 1.165) is 0 Å². The molecule has 0 heterocycles. The fraction of sp³-hybridized carbons (Fsp3) is 0.556. The Morgan fingerprint density at radius 2 is 2.50 bits per heavy atom. The maximum absolute atomic E-state index is 2.32. The molecule has 10 heavy (non-hydrogen) atoms. The topological polar surface area (TPSA) is 0 Å². The number of hydrogen-bond donors (Lipinski definition) is 0. The van der Waals surface area contributed by atoms with Gasteiger partial charge in [-0.05, 0) is 6.42 Å². The third-order valence-electron chi connectivity index (χ3n) is 1.95. The third-order valence-corrected chi connectivity index (χ3v) is 3.97. The molecule has 0 spiro atoms. The zero-order valence-corrected chi connectivity index (χ0v) is 8.18. The molecule has 1 heteroatoms. The van der Waals surface area contributed by atoms with Gasteiger partial charge in [-0.15, -0.1) is 4.44 Å². The highest BCUT2D eigenvalue weighted by Gasteiger charge is 2.00. The van der Waals surface area contributed by atoms with Gasteiger partial charge < -0.3 is 0 Å². The quantitative estimate of drug-likeness (QED) is 0.426. The molecule has 0 aromatic rings. The van der Waals surface area contributed by atoms with E-state index in [9.17, 15) is 0 Å². The van der Waals surface area contributed by atoms with E-state index in [2.05, 4.69) is 25.2 Å². The monoisotopic (exact) mass is 150 g/mol. The summed E-state index contributed by atoms with van der Waals surface area (Å²) in [6.45, 7) is 2.27. The Labute approximate surface area is 69.7 Å². The molecule has 0 radical (unpaired) electrons. The Kier molecular flexibility index (Phi) is 3.87. The van der Waals surface area contributed by atoms with Gasteiger partial charge in [0.05, 0.1) is 0 Å². The first-order valence-corrected chi connectivity index (χ1v) is 5.98. The highest BCUT2D eigenvalue weighted by Crippen LogP contribution is 2.10. The van der Waals surface area contributed by atoms with E-state index in [4.69, 9.17) is 0 Å². The lowest BCUT2D eigenvalue weighted by molar-refractivity contribution is 0.879. The molecule has 0 atom stereocenters. The second-order valence-electron chi connectivity index (χ2n) is 2.91. The Morgan fingerprint density at radius 1 is 1.60 bits per heavy atom. The molecule has 0 aliphatic heterocycles. The summed E-state index contributed by atoms with van der Waals surface area (Å²) >= 11 is 0.175. The van der Waals surface area contributed by atoms with Gasteiger partial charge in [-0.1, -0.05) is 43.3 Å². The zero-order valence-electron chi connectivity index (χ0n) is 6.77. The van der Waals surface area contributed by atoms with Crippen molar-refractivity contribution in [1.29, 1.82) is 0 Å². The van der Waals surface area contributed by atoms with E-state index in [1.165, 1.54) is 24.5 Å². The molecule has 0 amide bonds. The largest absolute Gasteiger partial charge is 0.276 e. The summed E-state index contributed by atoms with van der Waals surface area (Å²) in [4.78, 5) is 0. The first-order chi connectivity index (χ1) is 4.93. The van der Waals surface area contributed by atoms with Crippen LogP contribution in [0.3, 0.4) is 0 Å². The van der Waals surface area contributed by atoms with Gasteiger partial charge in [-0.2, -0.15) is 0 Å². The van der Waals surface area contributed by atoms with Crippen molar-refractivity contribution in [3.63, 3.8) is 0 Å². The predicted octanol–water partition coefficient (Wildman–Crippen LogP) is 2.49. The van der Waals surface area contributed by atoms with Crippen LogP contribution in [0.5, 0.6) is 0 Å². The molecular formula is C9H15Al. The van der Waals surface area contributed by atoms with Gasteiger partial charge in [0, 0.05) is 0 Å². The highest BCUT2D eigenvalue weighted by molar-refractivity contribution is 6.45. The van der Waals surface area contributed by atoms with Crippen molar-refractivity contribution >= 4 is 15.2 Å². The molecule has 0 saturated heterocycles. The molecule has 0 N–H and O–H groups in total. The fourth-order valence-electron chi connectivity index (χ4n) is 1.28. The first kappa shape index (κ1) is 8.11. The van der Waals surface area contributed by atoms with Gasteiger partial charge in [0.15, 0.2) is 0 Å². The lowest BCUT2D eigenvalue weighted by Crippen LogP contribution is -1.92. The molecule has 1 aliphatic carbocycles. The van der Waals surface area contributed by atoms with Crippen molar-refractivity contribution in [1.82, 2.24) is 0 Å². The number of unbranched alkanes of at least 4 members (excludes halogenated alkanes) is 1. The zero-order chi connectivity index (χ0) is 7.23. The summed E-state index contributed by atoms with van der Waals surface area (Å²) in [5, 5.41) is 1.52. The SMILES string of the molecule is CCC[CH2][AlH][C]1=CC=CC1. The van der Waals surface area contributed by atoms with Crippen molar-refractivity contribution in [3.05, 3.63) is 22.7 Å². The van der Waals surface area contributed by atoms with Crippen molar-refractivity contribution in [2.45, 2.75) is 31.5 Å². The molecule has 1 aliphatic rings. The normalized spacial score (nSPS) is 15.5. The standard InChI is InChI=1S/C5H5.C4H9.Al.H/c1-2-4-5-3-1;1-3-4-2;;/h1-3H,4H2;1,3-4H2,2H3;;. The van der Waals surface area contributed by atoms with Crippen LogP contribution in [0.25, 0.3) is 0 Å². The Morgan fingerprint density at radius 3 is 3.10 bits per heavy atom. The van der Waals surface area contributed by atoms with E-state index in [1.54, 1.807) is 4.44 Å². The van der Waals surface area contributed by atoms with Gasteiger partial charge in [-0.3, -0.25) is 0 Å². The summed E-state index contributed by atoms with van der Waals surface area (Å²) in [5.41, 5.74) is 0. The molecule has 0 unspecified atom stereocenters. The van der Waals surface area contributed by atoms with E-state index in [-0.39, 0.29) is 15.2 Å². The minimum absolute atomic E-state index is 0.175. The van der Waals surface area contributed by atoms with Crippen molar-refractivity contribution < 1.29 is 0 Å². The number of hydrogen-bond acceptors (Lipinski definition) is 0. The maximum Gasteiger partial charge on any atom is 0.276 e. The molecule has 0 bridgehead atoms. The number of allylic oxidation sites excluding steroid dienone is 4. The molecule has 0 fully saturated rings. The average Bonchev–Trinajstić information content (AvgIpc) is 2.41. The molecule has 0 aromatic carbocycles. The van der Waals surface area contributed by atoms with Crippen LogP contribution in [0.1, 0.15) is 26.2 Å². The Hall–Kier alpha value is 0.0125. The minimum atomic E-state index is 0.175. The smallest absolute Gasteiger partial charge is 0.132 e. The van der Waals surface area contributed by atoms with Crippen LogP contribution in [-0.2, 0) is 0 Å². The molecule has 0 aromatic heterocycles. The predicted molar refractivity (Wildman–Crippen MR) is 48.7 cm³/mol. The van der Waals surface area contributed by atoms with Gasteiger partial charge in [0.1, 0.15) is 0 Å². The summed E-state index contributed by atoms with van der Waals surface area (Å²) in [7, 11) is 0. The fourth-order valence-corrected chi connectivity index (χ4v) is 3.16. The van der Waals surface area contributed by atoms with Gasteiger partial charge in [0.25, 0.3) is 15.2 Å². The Bertz CT molecular complexity index is 145. The molecule has 1 rings (SSSR count). The maximum atomic E-state index is 2.32. The third kappa shape index (κ3) is 2.73. The van der Waals surface area contributed by atoms with Crippen LogP contribution in [0.2, 0.25) is 5.28 Å². The molecule has 54 valence electrons. The van der Waals surface area contributed by atoms with Crippen LogP contribution < -0.4 is 0 Å². The summed E-state index contributed by atoms with van der Waals surface area (Å²) < 4.78 is 1.76. The van der Waals surface area contributed by atoms with Crippen LogP contribution in [0.4, 0.5) is 0 Å². The molecular weight excluding hydrogens is 135 g/mol. The van der Waals surface area contributed by atoms with Crippen LogP contribution >= 0.6 is 0 Å². The van der Waals surface area contributed by atoms with Crippen molar-refractivity contribution in [2.24, 2.45) is 0 Å². The summed E-state index contributed by atoms with van der Waals surface area (Å²) in [6, 6.07) is 0. The molecule has 0 saturated carbocycles. The lowest BCUT2D eigenvalue weighted by atomic mass is 10.4. The summed E-state index contributed by atoms with van der Waals surface area (Å²) in [5.74, 6) is 0. The Balaban J connectivity index is 2.04. The van der Waals surface area contributed by atoms with Gasteiger partial charge >= 0.3 is 0 Å². The van der Waals surface area contributed by atoms with Crippen molar-refractivity contribution in [2.75, 3.05) is 0 Å². The van der Waals surface area contributed by atoms with Crippen molar-refractivity contribution in [3.8, 4) is 0 Å². The van der Waals surface area contributed by atoms with E-state index in [1.807, 2.05) is 0 Å². The van der Waals surface area contributed by atoms with E-state index >= 15 is 0 Å². The second kappa shape index (κ2) is 4.77. The summed E-state index contributed by atoms with van der Waals surface area (Å²) in [6.07, 6.45) is 10.9. The second-order valence-corrected chi connectivity index (χ2v) is 5.03. The van der Waals surface area contributed by atoms with Crippen LogP contribution in [0, 0.1) is 0 Å². The minimum Gasteiger partial charge on any atom is -0.132 e. The van der Waals surface area contributed by atoms with E-state index < -0.39 is 0 Å². The van der Waals surface area contributed by atoms with E-state index in [0.29, 0.717) is 0 Å². The number of rotatable bonds is 4. The average molecular weight is 150 g/mol. The lowest BCUT2D eigenvalue weighted by Gasteiger charge is -1.95. The molecule has 0 nitrogen and oxygen atoms in total. The highest BCUT2D eigenvalue weighted by atomic mass is 27.1. The first-order valence-electron chi connectivity index (χ1n) is 4.28. The van der Waals surface area contributed by atoms with Crippen LogP contribution in [0.15, 0.2) is 22.7 Å². The van der Waals surface area contributed by atoms with Crippen LogP contribution in [-0.4, -0.2) is 15.2 Å². The van der Waals surface area contributed by atoms with Gasteiger partial charge in [-0.25, -0.2) is 0 Å². The van der Waals surface area contributed by atoms with Gasteiger partial charge in [0.2, 0.25) is 0 Å².